The minimum absolute atomic E-state index is 0.103. The first-order valence-electron chi connectivity index (χ1n) is 24.5. The Kier molecular flexibility index (Phi) is 45.0. The van der Waals surface area contributed by atoms with Crippen molar-refractivity contribution in [3.8, 4) is 0 Å². The molecule has 0 saturated carbocycles. The molecule has 59 heavy (non-hydrogen) atoms. The second-order valence-electron chi connectivity index (χ2n) is 16.1. The van der Waals surface area contributed by atoms with Crippen molar-refractivity contribution in [2.75, 3.05) is 13.2 Å². The van der Waals surface area contributed by atoms with Crippen LogP contribution < -0.4 is 0 Å². The van der Waals surface area contributed by atoms with Crippen LogP contribution in [0.2, 0.25) is 0 Å². The third kappa shape index (κ3) is 45.8. The highest BCUT2D eigenvalue weighted by Gasteiger charge is 2.19. The number of allylic oxidation sites excluding steroid dienone is 12. The molecular weight excluding hydrogens is 733 g/mol. The topological polar surface area (TPSA) is 78.9 Å². The first-order valence-corrected chi connectivity index (χ1v) is 24.5. The third-order valence-electron chi connectivity index (χ3n) is 10.2. The van der Waals surface area contributed by atoms with Crippen LogP contribution in [0.15, 0.2) is 72.9 Å². The highest BCUT2D eigenvalue weighted by Crippen LogP contribution is 2.13. The lowest BCUT2D eigenvalue weighted by Gasteiger charge is -2.18. The lowest BCUT2D eigenvalue weighted by Crippen LogP contribution is -2.30. The molecule has 0 aliphatic heterocycles. The Labute approximate surface area is 363 Å². The van der Waals surface area contributed by atoms with Gasteiger partial charge in [0.1, 0.15) is 13.2 Å². The Morgan fingerprint density at radius 1 is 0.339 bits per heavy atom. The summed E-state index contributed by atoms with van der Waals surface area (Å²) in [6.07, 6.45) is 58.9. The lowest BCUT2D eigenvalue weighted by atomic mass is 10.1. The van der Waals surface area contributed by atoms with Crippen LogP contribution in [0.4, 0.5) is 0 Å². The van der Waals surface area contributed by atoms with Crippen LogP contribution in [0, 0.1) is 0 Å². The number of rotatable bonds is 43. The van der Waals surface area contributed by atoms with Crippen LogP contribution in [0.5, 0.6) is 0 Å². The number of esters is 3. The Morgan fingerprint density at radius 3 is 1.14 bits per heavy atom. The zero-order valence-electron chi connectivity index (χ0n) is 38.5. The summed E-state index contributed by atoms with van der Waals surface area (Å²) in [4.78, 5) is 37.8. The summed E-state index contributed by atoms with van der Waals surface area (Å²) >= 11 is 0. The van der Waals surface area contributed by atoms with Crippen molar-refractivity contribution >= 4 is 17.9 Å². The van der Waals surface area contributed by atoms with Gasteiger partial charge in [0.15, 0.2) is 6.10 Å². The predicted octanol–water partition coefficient (Wildman–Crippen LogP) is 15.9. The summed E-state index contributed by atoms with van der Waals surface area (Å²) in [5, 5.41) is 0. The summed E-state index contributed by atoms with van der Waals surface area (Å²) in [6, 6.07) is 0. The molecule has 6 heteroatoms. The summed E-state index contributed by atoms with van der Waals surface area (Å²) in [7, 11) is 0. The van der Waals surface area contributed by atoms with Crippen molar-refractivity contribution in [2.24, 2.45) is 0 Å². The van der Waals surface area contributed by atoms with E-state index in [2.05, 4.69) is 93.7 Å². The number of carbonyl (C=O) groups is 3. The van der Waals surface area contributed by atoms with E-state index in [0.29, 0.717) is 25.7 Å². The highest BCUT2D eigenvalue weighted by molar-refractivity contribution is 5.71. The minimum atomic E-state index is -0.802. The Balaban J connectivity index is 4.43. The van der Waals surface area contributed by atoms with E-state index in [1.165, 1.54) is 89.9 Å². The molecule has 0 radical (unpaired) electrons. The predicted molar refractivity (Wildman–Crippen MR) is 251 cm³/mol. The second kappa shape index (κ2) is 47.5. The van der Waals surface area contributed by atoms with Crippen LogP contribution >= 0.6 is 0 Å². The second-order valence-corrected chi connectivity index (χ2v) is 16.1. The van der Waals surface area contributed by atoms with Gasteiger partial charge in [-0.3, -0.25) is 14.4 Å². The fraction of sp³-hybridized carbons (Fsp3) is 0.717. The number of unbranched alkanes of at least 4 members (excludes halogenated alkanes) is 23. The molecule has 0 aliphatic rings. The smallest absolute Gasteiger partial charge is 0.306 e. The van der Waals surface area contributed by atoms with Gasteiger partial charge in [-0.25, -0.2) is 0 Å². The van der Waals surface area contributed by atoms with Gasteiger partial charge in [0.05, 0.1) is 0 Å². The van der Waals surface area contributed by atoms with Gasteiger partial charge in [-0.05, 0) is 89.9 Å². The van der Waals surface area contributed by atoms with E-state index in [9.17, 15) is 14.4 Å². The molecular formula is C53H90O6. The molecule has 1 unspecified atom stereocenters. The molecule has 6 nitrogen and oxygen atoms in total. The fourth-order valence-electron chi connectivity index (χ4n) is 6.51. The Hall–Kier alpha value is -3.15. The molecule has 0 aromatic heterocycles. The van der Waals surface area contributed by atoms with Gasteiger partial charge in [-0.2, -0.15) is 0 Å². The lowest BCUT2D eigenvalue weighted by molar-refractivity contribution is -0.167. The Morgan fingerprint density at radius 2 is 0.644 bits per heavy atom. The standard InChI is InChI=1S/C53H90O6/c1-4-7-10-13-16-19-21-23-25-26-27-28-30-31-34-37-40-43-46-52(55)58-49-50(48-57-51(54)45-42-39-36-33-18-15-12-9-6-3)59-53(56)47-44-41-38-35-32-29-24-22-20-17-14-11-8-5-2/h16,19,21,23,25-29,32-33,36,50H,4-15,17-18,20,22,24,30-31,34-35,37-49H2,1-3H3/b19-16-,23-21-,26-25-,28-27-,32-29-,36-33-. The maximum absolute atomic E-state index is 12.7. The molecule has 0 bridgehead atoms. The molecule has 0 rings (SSSR count). The van der Waals surface area contributed by atoms with Gasteiger partial charge in [0, 0.05) is 19.3 Å². The van der Waals surface area contributed by atoms with Crippen molar-refractivity contribution in [3.63, 3.8) is 0 Å². The first-order chi connectivity index (χ1) is 29.0. The number of hydrogen-bond acceptors (Lipinski definition) is 6. The van der Waals surface area contributed by atoms with E-state index < -0.39 is 6.10 Å². The largest absolute Gasteiger partial charge is 0.462 e. The third-order valence-corrected chi connectivity index (χ3v) is 10.2. The number of carbonyl (C=O) groups excluding carboxylic acids is 3. The molecule has 0 fully saturated rings. The summed E-state index contributed by atoms with van der Waals surface area (Å²) in [5.74, 6) is -0.978. The van der Waals surface area contributed by atoms with Gasteiger partial charge >= 0.3 is 17.9 Å². The normalized spacial score (nSPS) is 12.7. The molecule has 0 aromatic rings. The van der Waals surface area contributed by atoms with E-state index in [-0.39, 0.29) is 31.1 Å². The zero-order valence-corrected chi connectivity index (χ0v) is 38.5. The van der Waals surface area contributed by atoms with Crippen molar-refractivity contribution in [1.29, 1.82) is 0 Å². The van der Waals surface area contributed by atoms with Crippen molar-refractivity contribution in [2.45, 2.75) is 232 Å². The van der Waals surface area contributed by atoms with E-state index in [4.69, 9.17) is 14.2 Å². The van der Waals surface area contributed by atoms with E-state index >= 15 is 0 Å². The van der Waals surface area contributed by atoms with E-state index in [1.54, 1.807) is 0 Å². The first kappa shape index (κ1) is 55.9. The van der Waals surface area contributed by atoms with Crippen molar-refractivity contribution < 1.29 is 28.6 Å². The van der Waals surface area contributed by atoms with E-state index in [0.717, 1.165) is 89.9 Å². The molecule has 0 heterocycles. The van der Waals surface area contributed by atoms with Gasteiger partial charge in [-0.1, -0.05) is 190 Å². The number of hydrogen-bond donors (Lipinski definition) is 0. The van der Waals surface area contributed by atoms with Gasteiger partial charge < -0.3 is 14.2 Å². The maximum atomic E-state index is 12.7. The highest BCUT2D eigenvalue weighted by atomic mass is 16.6. The summed E-state index contributed by atoms with van der Waals surface area (Å²) < 4.78 is 16.7. The molecule has 1 atom stereocenters. The zero-order chi connectivity index (χ0) is 43.0. The maximum Gasteiger partial charge on any atom is 0.306 e. The van der Waals surface area contributed by atoms with Crippen LogP contribution in [-0.2, 0) is 28.6 Å². The van der Waals surface area contributed by atoms with Crippen molar-refractivity contribution in [3.05, 3.63) is 72.9 Å². The van der Waals surface area contributed by atoms with Gasteiger partial charge in [0.2, 0.25) is 0 Å². The quantitative estimate of drug-likeness (QED) is 0.0200. The van der Waals surface area contributed by atoms with Crippen LogP contribution in [-0.4, -0.2) is 37.2 Å². The van der Waals surface area contributed by atoms with Crippen LogP contribution in [0.3, 0.4) is 0 Å². The number of ether oxygens (including phenoxy) is 3. The molecule has 0 saturated heterocycles. The van der Waals surface area contributed by atoms with Crippen LogP contribution in [0.1, 0.15) is 226 Å². The SMILES string of the molecule is CCCCC\C=C/C=C\C=C/C=C\CCCCCCCC(=O)OCC(COC(=O)CCC/C=C\CCCCCC)OC(=O)CCCCC/C=C\CCCCCCCCC. The summed E-state index contributed by atoms with van der Waals surface area (Å²) in [6.45, 7) is 6.49. The minimum Gasteiger partial charge on any atom is -0.462 e. The average molecular weight is 823 g/mol. The van der Waals surface area contributed by atoms with Crippen LogP contribution in [0.25, 0.3) is 0 Å². The average Bonchev–Trinajstić information content (AvgIpc) is 3.23. The van der Waals surface area contributed by atoms with Gasteiger partial charge in [0.25, 0.3) is 0 Å². The van der Waals surface area contributed by atoms with Crippen molar-refractivity contribution in [1.82, 2.24) is 0 Å². The molecule has 0 amide bonds. The van der Waals surface area contributed by atoms with Gasteiger partial charge in [-0.15, -0.1) is 0 Å². The molecule has 0 spiro atoms. The molecule has 0 aromatic carbocycles. The molecule has 338 valence electrons. The van der Waals surface area contributed by atoms with E-state index in [1.807, 2.05) is 0 Å². The fourth-order valence-corrected chi connectivity index (χ4v) is 6.51. The molecule has 0 aliphatic carbocycles. The molecule has 0 N–H and O–H groups in total. The monoisotopic (exact) mass is 823 g/mol. The Bertz CT molecular complexity index is 1130. The summed E-state index contributed by atoms with van der Waals surface area (Å²) in [5.41, 5.74) is 0.